The van der Waals surface area contributed by atoms with Crippen molar-refractivity contribution in [3.63, 3.8) is 0 Å². The number of hydrogen-bond acceptors (Lipinski definition) is 1. The maximum Gasteiger partial charge on any atom is 0.257 e. The molecule has 0 aromatic heterocycles. The number of alkyl halides is 1. The van der Waals surface area contributed by atoms with Crippen LogP contribution in [-0.2, 0) is 0 Å². The SMILES string of the molecule is CC(C)(CBr)CNC(=O)c1c(F)c(F)c(F)c(F)c1F. The largest absolute Gasteiger partial charge is 0.351 e. The molecule has 0 aliphatic heterocycles. The zero-order chi connectivity index (χ0) is 15.7. The van der Waals surface area contributed by atoms with Crippen molar-refractivity contribution in [1.82, 2.24) is 5.32 Å². The summed E-state index contributed by atoms with van der Waals surface area (Å²) in [5.74, 6) is -12.2. The number of benzene rings is 1. The highest BCUT2D eigenvalue weighted by atomic mass is 79.9. The van der Waals surface area contributed by atoms with Crippen molar-refractivity contribution in [3.05, 3.63) is 34.6 Å². The van der Waals surface area contributed by atoms with Gasteiger partial charge in [0.1, 0.15) is 5.56 Å². The molecule has 1 amide bonds. The van der Waals surface area contributed by atoms with E-state index in [2.05, 4.69) is 21.2 Å². The molecule has 1 rings (SSSR count). The van der Waals surface area contributed by atoms with Gasteiger partial charge in [-0.15, -0.1) is 0 Å². The van der Waals surface area contributed by atoms with Crippen molar-refractivity contribution in [2.75, 3.05) is 11.9 Å². The van der Waals surface area contributed by atoms with Crippen molar-refractivity contribution < 1.29 is 26.7 Å². The molecule has 0 saturated carbocycles. The van der Waals surface area contributed by atoms with Crippen LogP contribution in [0.15, 0.2) is 0 Å². The van der Waals surface area contributed by atoms with Crippen molar-refractivity contribution >= 4 is 21.8 Å². The average Bonchev–Trinajstić information content (AvgIpc) is 2.41. The second-order valence-corrected chi connectivity index (χ2v) is 5.49. The van der Waals surface area contributed by atoms with Gasteiger partial charge in [-0.2, -0.15) is 0 Å². The molecule has 1 aromatic carbocycles. The summed E-state index contributed by atoms with van der Waals surface area (Å²) in [5, 5.41) is 2.61. The highest BCUT2D eigenvalue weighted by Gasteiger charge is 2.30. The van der Waals surface area contributed by atoms with Gasteiger partial charge >= 0.3 is 0 Å². The summed E-state index contributed by atoms with van der Waals surface area (Å²) in [7, 11) is 0. The standard InChI is InChI=1S/C12H11BrF5NO/c1-12(2,3-13)4-19-11(20)5-6(14)8(16)10(18)9(17)7(5)15/h3-4H2,1-2H3,(H,19,20). The first-order valence-electron chi connectivity index (χ1n) is 5.48. The van der Waals surface area contributed by atoms with Crippen LogP contribution in [0.25, 0.3) is 0 Å². The Balaban J connectivity index is 3.12. The fourth-order valence-corrected chi connectivity index (χ4v) is 1.46. The van der Waals surface area contributed by atoms with Crippen LogP contribution in [0.4, 0.5) is 22.0 Å². The lowest BCUT2D eigenvalue weighted by molar-refractivity contribution is 0.0928. The fourth-order valence-electron chi connectivity index (χ4n) is 1.26. The molecular formula is C12H11BrF5NO. The molecule has 112 valence electrons. The van der Waals surface area contributed by atoms with Crippen LogP contribution in [0.2, 0.25) is 0 Å². The summed E-state index contributed by atoms with van der Waals surface area (Å²) in [6, 6.07) is 0. The number of rotatable bonds is 4. The molecule has 0 radical (unpaired) electrons. The highest BCUT2D eigenvalue weighted by Crippen LogP contribution is 2.23. The molecule has 1 aromatic rings. The maximum atomic E-state index is 13.4. The predicted octanol–water partition coefficient (Wildman–Crippen LogP) is 3.53. The topological polar surface area (TPSA) is 29.1 Å². The monoisotopic (exact) mass is 359 g/mol. The summed E-state index contributed by atoms with van der Waals surface area (Å²) in [6.45, 7) is 3.47. The maximum absolute atomic E-state index is 13.4. The number of halogens is 6. The van der Waals surface area contributed by atoms with Gasteiger partial charge in [-0.25, -0.2) is 22.0 Å². The van der Waals surface area contributed by atoms with E-state index >= 15 is 0 Å². The number of amides is 1. The first kappa shape index (κ1) is 16.9. The van der Waals surface area contributed by atoms with Gasteiger partial charge in [0, 0.05) is 11.9 Å². The molecule has 0 fully saturated rings. The molecule has 20 heavy (non-hydrogen) atoms. The normalized spacial score (nSPS) is 11.6. The predicted molar refractivity (Wildman–Crippen MR) is 66.1 cm³/mol. The van der Waals surface area contributed by atoms with E-state index in [9.17, 15) is 26.7 Å². The molecular weight excluding hydrogens is 349 g/mol. The van der Waals surface area contributed by atoms with E-state index in [0.717, 1.165) is 0 Å². The molecule has 0 atom stereocenters. The molecule has 1 N–H and O–H groups in total. The van der Waals surface area contributed by atoms with Gasteiger partial charge in [0.15, 0.2) is 23.3 Å². The lowest BCUT2D eigenvalue weighted by Crippen LogP contribution is -2.36. The van der Waals surface area contributed by atoms with Crippen molar-refractivity contribution in [2.45, 2.75) is 13.8 Å². The van der Waals surface area contributed by atoms with E-state index in [1.807, 2.05) is 0 Å². The molecule has 8 heteroatoms. The van der Waals surface area contributed by atoms with Crippen LogP contribution >= 0.6 is 15.9 Å². The van der Waals surface area contributed by atoms with Gasteiger partial charge in [-0.1, -0.05) is 29.8 Å². The Morgan fingerprint density at radius 1 is 1.00 bits per heavy atom. The van der Waals surface area contributed by atoms with Gasteiger partial charge < -0.3 is 5.32 Å². The van der Waals surface area contributed by atoms with Crippen LogP contribution in [0.5, 0.6) is 0 Å². The lowest BCUT2D eigenvalue weighted by atomic mass is 9.96. The number of carbonyl (C=O) groups excluding carboxylic acids is 1. The number of hydrogen-bond donors (Lipinski definition) is 1. The number of nitrogens with one attached hydrogen (secondary N) is 1. The van der Waals surface area contributed by atoms with Crippen LogP contribution in [0.1, 0.15) is 24.2 Å². The molecule has 0 saturated heterocycles. The van der Waals surface area contributed by atoms with Gasteiger partial charge in [-0.3, -0.25) is 4.79 Å². The van der Waals surface area contributed by atoms with Crippen LogP contribution in [-0.4, -0.2) is 17.8 Å². The Kier molecular flexibility index (Phi) is 5.12. The van der Waals surface area contributed by atoms with E-state index in [1.165, 1.54) is 0 Å². The van der Waals surface area contributed by atoms with E-state index in [0.29, 0.717) is 5.33 Å². The third-order valence-corrected chi connectivity index (χ3v) is 4.04. The first-order valence-corrected chi connectivity index (χ1v) is 6.60. The summed E-state index contributed by atoms with van der Waals surface area (Å²) >= 11 is 3.17. The molecule has 0 heterocycles. The minimum Gasteiger partial charge on any atom is -0.351 e. The van der Waals surface area contributed by atoms with Crippen molar-refractivity contribution in [2.24, 2.45) is 5.41 Å². The zero-order valence-electron chi connectivity index (χ0n) is 10.6. The third-order valence-electron chi connectivity index (χ3n) is 2.53. The second-order valence-electron chi connectivity index (χ2n) is 4.93. The van der Waals surface area contributed by atoms with Crippen LogP contribution < -0.4 is 5.32 Å². The van der Waals surface area contributed by atoms with E-state index in [-0.39, 0.29) is 6.54 Å². The minimum absolute atomic E-state index is 0.00339. The smallest absolute Gasteiger partial charge is 0.257 e. The first-order chi connectivity index (χ1) is 9.12. The molecule has 2 nitrogen and oxygen atoms in total. The summed E-state index contributed by atoms with van der Waals surface area (Å²) in [6.07, 6.45) is 0. The summed E-state index contributed by atoms with van der Waals surface area (Å²) in [4.78, 5) is 11.6. The molecule has 0 bridgehead atoms. The van der Waals surface area contributed by atoms with Crippen molar-refractivity contribution in [3.8, 4) is 0 Å². The molecule has 0 aliphatic rings. The Morgan fingerprint density at radius 2 is 1.40 bits per heavy atom. The summed E-state index contributed by atoms with van der Waals surface area (Å²) in [5.41, 5.74) is -1.92. The molecule has 0 spiro atoms. The Hall–Kier alpha value is -1.18. The highest BCUT2D eigenvalue weighted by molar-refractivity contribution is 9.09. The molecule has 0 unspecified atom stereocenters. The minimum atomic E-state index is -2.29. The van der Waals surface area contributed by atoms with Gasteiger partial charge in [0.05, 0.1) is 0 Å². The van der Waals surface area contributed by atoms with Crippen molar-refractivity contribution in [1.29, 1.82) is 0 Å². The van der Waals surface area contributed by atoms with E-state index < -0.39 is 46.0 Å². The van der Waals surface area contributed by atoms with Gasteiger partial charge in [0.2, 0.25) is 5.82 Å². The Bertz CT molecular complexity index is 518. The molecule has 0 aliphatic carbocycles. The number of carbonyl (C=O) groups is 1. The van der Waals surface area contributed by atoms with Crippen LogP contribution in [0.3, 0.4) is 0 Å². The Labute approximate surface area is 120 Å². The second kappa shape index (κ2) is 6.07. The lowest BCUT2D eigenvalue weighted by Gasteiger charge is -2.22. The average molecular weight is 360 g/mol. The quantitative estimate of drug-likeness (QED) is 0.379. The van der Waals surface area contributed by atoms with E-state index in [4.69, 9.17) is 0 Å². The van der Waals surface area contributed by atoms with Crippen LogP contribution in [0, 0.1) is 34.5 Å². The van der Waals surface area contributed by atoms with Gasteiger partial charge in [0.25, 0.3) is 5.91 Å². The zero-order valence-corrected chi connectivity index (χ0v) is 12.2. The summed E-state index contributed by atoms with van der Waals surface area (Å²) < 4.78 is 65.5. The fraction of sp³-hybridized carbons (Fsp3) is 0.417. The van der Waals surface area contributed by atoms with E-state index in [1.54, 1.807) is 13.8 Å². The third kappa shape index (κ3) is 3.28. The Morgan fingerprint density at radius 3 is 1.80 bits per heavy atom. The van der Waals surface area contributed by atoms with Gasteiger partial charge in [-0.05, 0) is 5.41 Å².